The van der Waals surface area contributed by atoms with E-state index in [-0.39, 0.29) is 11.3 Å². The van der Waals surface area contributed by atoms with Gasteiger partial charge in [0.2, 0.25) is 15.9 Å². The molecule has 5 nitrogen and oxygen atoms in total. The van der Waals surface area contributed by atoms with Crippen LogP contribution in [0.3, 0.4) is 0 Å². The van der Waals surface area contributed by atoms with Crippen molar-refractivity contribution < 1.29 is 17.6 Å². The van der Waals surface area contributed by atoms with Crippen molar-refractivity contribution in [3.63, 3.8) is 0 Å². The Balaban J connectivity index is 1.88. The van der Waals surface area contributed by atoms with E-state index in [0.29, 0.717) is 5.69 Å². The lowest BCUT2D eigenvalue weighted by molar-refractivity contribution is -0.117. The van der Waals surface area contributed by atoms with Crippen LogP contribution in [0.1, 0.15) is 16.7 Å². The first kappa shape index (κ1) is 21.7. The van der Waals surface area contributed by atoms with Crippen LogP contribution in [0, 0.1) is 19.7 Å². The number of benzene rings is 3. The SMILES string of the molecule is Cc1ccc(C)c(NC(=O)[C@@H](Cc2ccccc2)NS(=O)(=O)c2ccc(F)cc2)c1. The summed E-state index contributed by atoms with van der Waals surface area (Å²) >= 11 is 0. The van der Waals surface area contributed by atoms with Gasteiger partial charge in [0.05, 0.1) is 4.90 Å². The van der Waals surface area contributed by atoms with Crippen LogP contribution in [-0.2, 0) is 21.2 Å². The Morgan fingerprint density at radius 1 is 0.967 bits per heavy atom. The zero-order chi connectivity index (χ0) is 21.7. The molecule has 0 aliphatic heterocycles. The summed E-state index contributed by atoms with van der Waals surface area (Å²) in [6.07, 6.45) is 0.165. The molecule has 0 unspecified atom stereocenters. The first-order valence-corrected chi connectivity index (χ1v) is 10.9. The fraction of sp³-hybridized carbons (Fsp3) is 0.174. The zero-order valence-electron chi connectivity index (χ0n) is 16.7. The molecule has 7 heteroatoms. The summed E-state index contributed by atoms with van der Waals surface area (Å²) in [5.74, 6) is -1.01. The molecule has 0 fully saturated rings. The van der Waals surface area contributed by atoms with E-state index in [1.54, 1.807) is 0 Å². The number of aryl methyl sites for hydroxylation is 2. The minimum atomic E-state index is -4.03. The minimum absolute atomic E-state index is 0.110. The highest BCUT2D eigenvalue weighted by Crippen LogP contribution is 2.18. The third-order valence-electron chi connectivity index (χ3n) is 4.67. The molecule has 0 aliphatic carbocycles. The first-order chi connectivity index (χ1) is 14.2. The Morgan fingerprint density at radius 3 is 2.30 bits per heavy atom. The molecular formula is C23H23FN2O3S. The fourth-order valence-corrected chi connectivity index (χ4v) is 4.19. The number of sulfonamides is 1. The number of halogens is 1. The van der Waals surface area contributed by atoms with Gasteiger partial charge in [-0.25, -0.2) is 12.8 Å². The molecule has 30 heavy (non-hydrogen) atoms. The number of carbonyl (C=O) groups excluding carboxylic acids is 1. The van der Waals surface area contributed by atoms with E-state index in [1.807, 2.05) is 62.4 Å². The van der Waals surface area contributed by atoms with E-state index in [9.17, 15) is 17.6 Å². The zero-order valence-corrected chi connectivity index (χ0v) is 17.5. The smallest absolute Gasteiger partial charge is 0.242 e. The molecule has 0 spiro atoms. The lowest BCUT2D eigenvalue weighted by Gasteiger charge is -2.20. The van der Waals surface area contributed by atoms with Gasteiger partial charge in [0.25, 0.3) is 0 Å². The number of amides is 1. The highest BCUT2D eigenvalue weighted by Gasteiger charge is 2.26. The van der Waals surface area contributed by atoms with Gasteiger partial charge in [-0.05, 0) is 67.3 Å². The fourth-order valence-electron chi connectivity index (χ4n) is 3.00. The van der Waals surface area contributed by atoms with Crippen molar-refractivity contribution in [2.75, 3.05) is 5.32 Å². The second-order valence-corrected chi connectivity index (χ2v) is 8.84. The Morgan fingerprint density at radius 2 is 1.63 bits per heavy atom. The van der Waals surface area contributed by atoms with Gasteiger partial charge in [-0.15, -0.1) is 0 Å². The predicted octanol–water partition coefficient (Wildman–Crippen LogP) is 3.97. The quantitative estimate of drug-likeness (QED) is 0.600. The van der Waals surface area contributed by atoms with E-state index in [0.717, 1.165) is 28.8 Å². The number of nitrogens with one attached hydrogen (secondary N) is 2. The van der Waals surface area contributed by atoms with Crippen molar-refractivity contribution in [2.24, 2.45) is 0 Å². The van der Waals surface area contributed by atoms with Crippen molar-refractivity contribution in [1.29, 1.82) is 0 Å². The number of hydrogen-bond acceptors (Lipinski definition) is 3. The van der Waals surface area contributed by atoms with Crippen LogP contribution in [0.15, 0.2) is 77.7 Å². The van der Waals surface area contributed by atoms with Crippen LogP contribution in [-0.4, -0.2) is 20.4 Å². The predicted molar refractivity (Wildman–Crippen MR) is 115 cm³/mol. The molecular weight excluding hydrogens is 403 g/mol. The summed E-state index contributed by atoms with van der Waals surface area (Å²) in [5.41, 5.74) is 3.27. The summed E-state index contributed by atoms with van der Waals surface area (Å²) in [6.45, 7) is 3.78. The largest absolute Gasteiger partial charge is 0.324 e. The Kier molecular flexibility index (Phi) is 6.64. The molecule has 156 valence electrons. The van der Waals surface area contributed by atoms with Crippen molar-refractivity contribution in [3.05, 3.63) is 95.3 Å². The molecule has 1 amide bonds. The third kappa shape index (κ3) is 5.52. The van der Waals surface area contributed by atoms with Gasteiger partial charge in [-0.1, -0.05) is 42.5 Å². The molecule has 0 saturated carbocycles. The van der Waals surface area contributed by atoms with Crippen molar-refractivity contribution in [3.8, 4) is 0 Å². The highest BCUT2D eigenvalue weighted by molar-refractivity contribution is 7.89. The average Bonchev–Trinajstić information content (AvgIpc) is 2.71. The van der Waals surface area contributed by atoms with Crippen LogP contribution in [0.5, 0.6) is 0 Å². The maximum atomic E-state index is 13.2. The topological polar surface area (TPSA) is 75.3 Å². The minimum Gasteiger partial charge on any atom is -0.324 e. The lowest BCUT2D eigenvalue weighted by Crippen LogP contribution is -2.45. The van der Waals surface area contributed by atoms with E-state index in [1.165, 1.54) is 12.1 Å². The van der Waals surface area contributed by atoms with Gasteiger partial charge in [0.15, 0.2) is 0 Å². The maximum absolute atomic E-state index is 13.2. The molecule has 1 atom stereocenters. The third-order valence-corrected chi connectivity index (χ3v) is 6.16. The summed E-state index contributed by atoms with van der Waals surface area (Å²) < 4.78 is 41.3. The maximum Gasteiger partial charge on any atom is 0.242 e. The molecule has 0 saturated heterocycles. The summed E-state index contributed by atoms with van der Waals surface area (Å²) in [5, 5.41) is 2.83. The van der Waals surface area contributed by atoms with E-state index in [2.05, 4.69) is 10.0 Å². The van der Waals surface area contributed by atoms with Crippen LogP contribution < -0.4 is 10.0 Å². The standard InChI is InChI=1S/C23H23FN2O3S/c1-16-8-9-17(2)21(14-16)25-23(27)22(15-18-6-4-3-5-7-18)26-30(28,29)20-12-10-19(24)11-13-20/h3-14,22,26H,15H2,1-2H3,(H,25,27)/t22-/m1/s1. The normalized spacial score (nSPS) is 12.4. The molecule has 3 aromatic carbocycles. The number of rotatable bonds is 7. The molecule has 0 heterocycles. The van der Waals surface area contributed by atoms with Gasteiger partial charge in [-0.3, -0.25) is 4.79 Å². The summed E-state index contributed by atoms with van der Waals surface area (Å²) in [6, 6.07) is 18.2. The van der Waals surface area contributed by atoms with Crippen LogP contribution in [0.4, 0.5) is 10.1 Å². The molecule has 0 aromatic heterocycles. The Bertz CT molecular complexity index is 1130. The second kappa shape index (κ2) is 9.19. The number of anilines is 1. The molecule has 0 bridgehead atoms. The highest BCUT2D eigenvalue weighted by atomic mass is 32.2. The van der Waals surface area contributed by atoms with Gasteiger partial charge in [0.1, 0.15) is 11.9 Å². The van der Waals surface area contributed by atoms with Gasteiger partial charge in [0, 0.05) is 5.69 Å². The molecule has 3 aromatic rings. The van der Waals surface area contributed by atoms with Gasteiger partial charge >= 0.3 is 0 Å². The Labute approximate surface area is 176 Å². The molecule has 3 rings (SSSR count). The number of carbonyl (C=O) groups is 1. The van der Waals surface area contributed by atoms with E-state index < -0.39 is 27.8 Å². The summed E-state index contributed by atoms with van der Waals surface area (Å²) in [7, 11) is -4.03. The van der Waals surface area contributed by atoms with Crippen LogP contribution in [0.25, 0.3) is 0 Å². The van der Waals surface area contributed by atoms with E-state index >= 15 is 0 Å². The van der Waals surface area contributed by atoms with Crippen LogP contribution >= 0.6 is 0 Å². The summed E-state index contributed by atoms with van der Waals surface area (Å²) in [4.78, 5) is 12.9. The average molecular weight is 427 g/mol. The van der Waals surface area contributed by atoms with E-state index in [4.69, 9.17) is 0 Å². The van der Waals surface area contributed by atoms with Crippen molar-refractivity contribution in [2.45, 2.75) is 31.2 Å². The van der Waals surface area contributed by atoms with Gasteiger partial charge < -0.3 is 5.32 Å². The van der Waals surface area contributed by atoms with Gasteiger partial charge in [-0.2, -0.15) is 4.72 Å². The number of hydrogen-bond donors (Lipinski definition) is 2. The molecule has 2 N–H and O–H groups in total. The second-order valence-electron chi connectivity index (χ2n) is 7.13. The molecule has 0 aliphatic rings. The lowest BCUT2D eigenvalue weighted by atomic mass is 10.1. The first-order valence-electron chi connectivity index (χ1n) is 9.44. The monoisotopic (exact) mass is 426 g/mol. The Hall–Kier alpha value is -3.03. The van der Waals surface area contributed by atoms with Crippen LogP contribution in [0.2, 0.25) is 0 Å². The van der Waals surface area contributed by atoms with Crippen molar-refractivity contribution in [1.82, 2.24) is 4.72 Å². The van der Waals surface area contributed by atoms with Crippen molar-refractivity contribution >= 4 is 21.6 Å². The molecule has 0 radical (unpaired) electrons.